The van der Waals surface area contributed by atoms with E-state index in [1.54, 1.807) is 6.07 Å². The Morgan fingerprint density at radius 2 is 2.16 bits per heavy atom. The maximum Gasteiger partial charge on any atom is 0.251 e. The van der Waals surface area contributed by atoms with E-state index in [2.05, 4.69) is 38.8 Å². The molecule has 6 nitrogen and oxygen atoms in total. The molecule has 1 unspecified atom stereocenters. The molecule has 0 saturated carbocycles. The first kappa shape index (κ1) is 16.1. The third kappa shape index (κ3) is 3.26. The zero-order valence-electron chi connectivity index (χ0n) is 14.5. The summed E-state index contributed by atoms with van der Waals surface area (Å²) in [5.74, 6) is 0.884. The van der Waals surface area contributed by atoms with Gasteiger partial charge in [0.15, 0.2) is 0 Å². The second-order valence-corrected chi connectivity index (χ2v) is 6.81. The highest BCUT2D eigenvalue weighted by atomic mass is 16.5. The molecule has 2 atom stereocenters. The van der Waals surface area contributed by atoms with E-state index in [0.717, 1.165) is 43.1 Å². The van der Waals surface area contributed by atoms with Crippen LogP contribution < -0.4 is 15.4 Å². The van der Waals surface area contributed by atoms with Gasteiger partial charge in [-0.15, -0.1) is 0 Å². The molecule has 0 aromatic carbocycles. The van der Waals surface area contributed by atoms with Crippen LogP contribution in [-0.4, -0.2) is 42.3 Å². The number of hydrogen-bond donors (Lipinski definition) is 1. The van der Waals surface area contributed by atoms with Gasteiger partial charge in [-0.25, -0.2) is 0 Å². The lowest BCUT2D eigenvalue weighted by molar-refractivity contribution is 0.0989. The molecule has 4 heterocycles. The molecule has 2 aromatic heterocycles. The minimum atomic E-state index is -0.0575. The minimum absolute atomic E-state index is 0.0575. The molecule has 0 amide bonds. The van der Waals surface area contributed by atoms with Gasteiger partial charge in [0, 0.05) is 43.1 Å². The fourth-order valence-corrected chi connectivity index (χ4v) is 3.88. The summed E-state index contributed by atoms with van der Waals surface area (Å²) in [6.45, 7) is 5.27. The number of aromatic nitrogens is 2. The Morgan fingerprint density at radius 3 is 2.96 bits per heavy atom. The van der Waals surface area contributed by atoms with Crippen molar-refractivity contribution in [2.24, 2.45) is 0 Å². The molecule has 2 aliphatic rings. The summed E-state index contributed by atoms with van der Waals surface area (Å²) in [4.78, 5) is 24.4. The van der Waals surface area contributed by atoms with Crippen molar-refractivity contribution in [1.82, 2.24) is 9.97 Å². The minimum Gasteiger partial charge on any atom is -0.377 e. The van der Waals surface area contributed by atoms with Crippen molar-refractivity contribution in [2.45, 2.75) is 31.8 Å². The summed E-state index contributed by atoms with van der Waals surface area (Å²) in [6, 6.07) is 10.3. The van der Waals surface area contributed by atoms with Gasteiger partial charge in [0.05, 0.1) is 24.9 Å². The van der Waals surface area contributed by atoms with Gasteiger partial charge in [-0.1, -0.05) is 6.07 Å². The van der Waals surface area contributed by atoms with Gasteiger partial charge < -0.3 is 19.5 Å². The maximum absolute atomic E-state index is 12.3. The average Bonchev–Trinajstić information content (AvgIpc) is 3.12. The topological polar surface area (TPSA) is 61.5 Å². The molecule has 2 aromatic rings. The summed E-state index contributed by atoms with van der Waals surface area (Å²) in [5, 5.41) is 0. The third-order valence-corrected chi connectivity index (χ3v) is 5.11. The molecule has 6 heteroatoms. The SMILES string of the molecule is C[C@@H]1COCCN1c1cc(N2CCCC2c2ccccn2)[nH]c(=O)c1. The Morgan fingerprint density at radius 1 is 1.24 bits per heavy atom. The number of hydrogen-bond acceptors (Lipinski definition) is 5. The van der Waals surface area contributed by atoms with Crippen LogP contribution in [0.1, 0.15) is 31.5 Å². The van der Waals surface area contributed by atoms with Crippen LogP contribution in [0.3, 0.4) is 0 Å². The molecule has 2 aliphatic heterocycles. The van der Waals surface area contributed by atoms with Crippen molar-refractivity contribution in [2.75, 3.05) is 36.1 Å². The lowest BCUT2D eigenvalue weighted by atomic mass is 10.1. The van der Waals surface area contributed by atoms with Crippen molar-refractivity contribution in [3.63, 3.8) is 0 Å². The maximum atomic E-state index is 12.3. The van der Waals surface area contributed by atoms with E-state index in [0.29, 0.717) is 13.2 Å². The van der Waals surface area contributed by atoms with E-state index in [1.165, 1.54) is 0 Å². The van der Waals surface area contributed by atoms with Gasteiger partial charge in [-0.2, -0.15) is 0 Å². The van der Waals surface area contributed by atoms with Crippen molar-refractivity contribution in [3.05, 3.63) is 52.6 Å². The van der Waals surface area contributed by atoms with Crippen LogP contribution in [0, 0.1) is 0 Å². The molecule has 2 fully saturated rings. The number of rotatable bonds is 3. The molecule has 4 rings (SSSR count). The van der Waals surface area contributed by atoms with Crippen LogP contribution in [0.25, 0.3) is 0 Å². The number of aromatic amines is 1. The normalized spacial score (nSPS) is 23.9. The second-order valence-electron chi connectivity index (χ2n) is 6.81. The van der Waals surface area contributed by atoms with Gasteiger partial charge in [0.25, 0.3) is 5.56 Å². The number of ether oxygens (including phenoxy) is 1. The van der Waals surface area contributed by atoms with Crippen molar-refractivity contribution < 1.29 is 4.74 Å². The summed E-state index contributed by atoms with van der Waals surface area (Å²) < 4.78 is 5.52. The van der Waals surface area contributed by atoms with Gasteiger partial charge in [0.1, 0.15) is 5.82 Å². The monoisotopic (exact) mass is 340 g/mol. The number of nitrogens with one attached hydrogen (secondary N) is 1. The molecular weight excluding hydrogens is 316 g/mol. The zero-order valence-corrected chi connectivity index (χ0v) is 14.5. The molecule has 0 spiro atoms. The van der Waals surface area contributed by atoms with Gasteiger partial charge in [-0.3, -0.25) is 9.78 Å². The van der Waals surface area contributed by atoms with Crippen LogP contribution in [0.15, 0.2) is 41.3 Å². The summed E-state index contributed by atoms with van der Waals surface area (Å²) >= 11 is 0. The average molecular weight is 340 g/mol. The van der Waals surface area contributed by atoms with Crippen LogP contribution in [0.4, 0.5) is 11.5 Å². The fraction of sp³-hybridized carbons (Fsp3) is 0.474. The molecular formula is C19H24N4O2. The zero-order chi connectivity index (χ0) is 17.2. The van der Waals surface area contributed by atoms with Gasteiger partial charge in [-0.05, 0) is 31.9 Å². The van der Waals surface area contributed by atoms with Gasteiger partial charge in [0.2, 0.25) is 0 Å². The Kier molecular flexibility index (Phi) is 4.44. The molecule has 25 heavy (non-hydrogen) atoms. The molecule has 0 radical (unpaired) electrons. The van der Waals surface area contributed by atoms with Crippen molar-refractivity contribution in [3.8, 4) is 0 Å². The Bertz CT molecular complexity index is 776. The molecule has 132 valence electrons. The number of nitrogens with zero attached hydrogens (tertiary/aromatic N) is 3. The summed E-state index contributed by atoms with van der Waals surface area (Å²) in [5.41, 5.74) is 1.98. The Labute approximate surface area is 147 Å². The van der Waals surface area contributed by atoms with E-state index in [9.17, 15) is 4.79 Å². The quantitative estimate of drug-likeness (QED) is 0.929. The third-order valence-electron chi connectivity index (χ3n) is 5.11. The predicted molar refractivity (Wildman–Crippen MR) is 98.2 cm³/mol. The second kappa shape index (κ2) is 6.88. The first-order chi connectivity index (χ1) is 12.2. The first-order valence-electron chi connectivity index (χ1n) is 8.99. The molecule has 1 N–H and O–H groups in total. The molecule has 0 bridgehead atoms. The van der Waals surface area contributed by atoms with E-state index in [4.69, 9.17) is 4.74 Å². The first-order valence-corrected chi connectivity index (χ1v) is 8.99. The highest BCUT2D eigenvalue weighted by Gasteiger charge is 2.29. The lowest BCUT2D eigenvalue weighted by Gasteiger charge is -2.36. The number of morpholine rings is 1. The highest BCUT2D eigenvalue weighted by Crippen LogP contribution is 2.35. The highest BCUT2D eigenvalue weighted by molar-refractivity contribution is 5.57. The van der Waals surface area contributed by atoms with Gasteiger partial charge >= 0.3 is 0 Å². The predicted octanol–water partition coefficient (Wildman–Crippen LogP) is 2.34. The number of H-pyrrole nitrogens is 1. The van der Waals surface area contributed by atoms with Crippen LogP contribution in [0.2, 0.25) is 0 Å². The Hall–Kier alpha value is -2.34. The molecule has 0 aliphatic carbocycles. The fourth-order valence-electron chi connectivity index (χ4n) is 3.88. The lowest BCUT2D eigenvalue weighted by Crippen LogP contribution is -2.44. The van der Waals surface area contributed by atoms with Crippen molar-refractivity contribution >= 4 is 11.5 Å². The Balaban J connectivity index is 1.67. The standard InChI is InChI=1S/C19H24N4O2/c1-14-13-25-10-9-22(14)15-11-18(21-19(24)12-15)23-8-4-6-17(23)16-5-2-3-7-20-16/h2-3,5,7,11-12,14,17H,4,6,8-10,13H2,1H3,(H,21,24)/t14-,17?/m1/s1. The smallest absolute Gasteiger partial charge is 0.251 e. The summed E-state index contributed by atoms with van der Waals surface area (Å²) in [6.07, 6.45) is 3.99. The van der Waals surface area contributed by atoms with E-state index in [-0.39, 0.29) is 17.6 Å². The molecule has 2 saturated heterocycles. The van der Waals surface area contributed by atoms with Crippen LogP contribution >= 0.6 is 0 Å². The van der Waals surface area contributed by atoms with E-state index < -0.39 is 0 Å². The number of anilines is 2. The van der Waals surface area contributed by atoms with E-state index in [1.807, 2.05) is 18.3 Å². The van der Waals surface area contributed by atoms with Crippen LogP contribution in [-0.2, 0) is 4.74 Å². The van der Waals surface area contributed by atoms with Crippen LogP contribution in [0.5, 0.6) is 0 Å². The largest absolute Gasteiger partial charge is 0.377 e. The van der Waals surface area contributed by atoms with E-state index >= 15 is 0 Å². The van der Waals surface area contributed by atoms with Crippen molar-refractivity contribution in [1.29, 1.82) is 0 Å². The number of pyridine rings is 2. The summed E-state index contributed by atoms with van der Waals surface area (Å²) in [7, 11) is 0.